The van der Waals surface area contributed by atoms with Crippen molar-refractivity contribution in [1.29, 1.82) is 0 Å². The zero-order chi connectivity index (χ0) is 13.4. The third-order valence-corrected chi connectivity index (χ3v) is 2.42. The normalized spacial score (nSPS) is 11.9. The van der Waals surface area contributed by atoms with Crippen molar-refractivity contribution in [3.8, 4) is 5.75 Å². The molecule has 0 spiro atoms. The fraction of sp³-hybridized carbons (Fsp3) is 0.538. The minimum absolute atomic E-state index is 0.0315. The summed E-state index contributed by atoms with van der Waals surface area (Å²) in [6.45, 7) is 2.46. The van der Waals surface area contributed by atoms with E-state index in [1.165, 1.54) is 0 Å². The maximum atomic E-state index is 11.0. The van der Waals surface area contributed by atoms with Crippen molar-refractivity contribution in [2.24, 2.45) is 5.73 Å². The number of carbonyl (C=O) groups is 1. The van der Waals surface area contributed by atoms with E-state index in [0.29, 0.717) is 19.4 Å². The predicted molar refractivity (Wildman–Crippen MR) is 70.4 cm³/mol. The van der Waals surface area contributed by atoms with E-state index in [2.05, 4.69) is 10.3 Å². The van der Waals surface area contributed by atoms with Gasteiger partial charge in [0.15, 0.2) is 0 Å². The van der Waals surface area contributed by atoms with E-state index in [1.54, 1.807) is 13.2 Å². The molecule has 5 heteroatoms. The zero-order valence-corrected chi connectivity index (χ0v) is 11.0. The Labute approximate surface area is 108 Å². The molecule has 1 aromatic heterocycles. The SMILES string of the molecule is CNC(=O)CCCOc1ccc(CC(C)N)nc1. The van der Waals surface area contributed by atoms with Gasteiger partial charge in [0.25, 0.3) is 0 Å². The summed E-state index contributed by atoms with van der Waals surface area (Å²) >= 11 is 0. The molecule has 0 aliphatic heterocycles. The van der Waals surface area contributed by atoms with E-state index in [-0.39, 0.29) is 11.9 Å². The van der Waals surface area contributed by atoms with Gasteiger partial charge in [0.05, 0.1) is 12.8 Å². The molecule has 0 aromatic carbocycles. The quantitative estimate of drug-likeness (QED) is 0.705. The van der Waals surface area contributed by atoms with Gasteiger partial charge in [-0.25, -0.2) is 0 Å². The Morgan fingerprint density at radius 2 is 2.33 bits per heavy atom. The number of carbonyl (C=O) groups excluding carboxylic acids is 1. The molecule has 0 saturated carbocycles. The van der Waals surface area contributed by atoms with Crippen LogP contribution in [0, 0.1) is 0 Å². The summed E-state index contributed by atoms with van der Waals surface area (Å²) in [6, 6.07) is 3.90. The van der Waals surface area contributed by atoms with Gasteiger partial charge in [-0.05, 0) is 25.5 Å². The summed E-state index contributed by atoms with van der Waals surface area (Å²) in [5.41, 5.74) is 6.65. The summed E-state index contributed by atoms with van der Waals surface area (Å²) in [5, 5.41) is 2.57. The first-order valence-electron chi connectivity index (χ1n) is 6.15. The first kappa shape index (κ1) is 14.4. The molecule has 0 radical (unpaired) electrons. The van der Waals surface area contributed by atoms with Crippen LogP contribution in [-0.4, -0.2) is 30.6 Å². The smallest absolute Gasteiger partial charge is 0.219 e. The number of ether oxygens (including phenoxy) is 1. The highest BCUT2D eigenvalue weighted by atomic mass is 16.5. The number of nitrogens with one attached hydrogen (secondary N) is 1. The molecule has 1 atom stereocenters. The second-order valence-electron chi connectivity index (χ2n) is 4.29. The summed E-state index contributed by atoms with van der Waals surface area (Å²) in [4.78, 5) is 15.2. The van der Waals surface area contributed by atoms with Crippen molar-refractivity contribution in [2.75, 3.05) is 13.7 Å². The maximum absolute atomic E-state index is 11.0. The molecule has 0 saturated heterocycles. The molecule has 1 unspecified atom stereocenters. The van der Waals surface area contributed by atoms with Gasteiger partial charge in [-0.15, -0.1) is 0 Å². The molecular formula is C13H21N3O2. The van der Waals surface area contributed by atoms with Crippen molar-refractivity contribution in [2.45, 2.75) is 32.2 Å². The van der Waals surface area contributed by atoms with Crippen LogP contribution in [0.1, 0.15) is 25.5 Å². The highest BCUT2D eigenvalue weighted by molar-refractivity contribution is 5.75. The molecule has 0 aliphatic carbocycles. The van der Waals surface area contributed by atoms with Crippen molar-refractivity contribution in [3.05, 3.63) is 24.0 Å². The van der Waals surface area contributed by atoms with Crippen LogP contribution in [0.2, 0.25) is 0 Å². The van der Waals surface area contributed by atoms with Gasteiger partial charge in [0, 0.05) is 31.6 Å². The first-order valence-corrected chi connectivity index (χ1v) is 6.15. The van der Waals surface area contributed by atoms with Gasteiger partial charge in [-0.2, -0.15) is 0 Å². The van der Waals surface area contributed by atoms with E-state index >= 15 is 0 Å². The van der Waals surface area contributed by atoms with Crippen LogP contribution in [0.5, 0.6) is 5.75 Å². The largest absolute Gasteiger partial charge is 0.492 e. The fourth-order valence-corrected chi connectivity index (χ4v) is 1.49. The van der Waals surface area contributed by atoms with Gasteiger partial charge >= 0.3 is 0 Å². The summed E-state index contributed by atoms with van der Waals surface area (Å²) < 4.78 is 5.49. The number of rotatable bonds is 7. The lowest BCUT2D eigenvalue weighted by Crippen LogP contribution is -2.18. The van der Waals surface area contributed by atoms with Gasteiger partial charge in [0.2, 0.25) is 5.91 Å². The first-order chi connectivity index (χ1) is 8.61. The minimum Gasteiger partial charge on any atom is -0.492 e. The molecule has 100 valence electrons. The number of pyridine rings is 1. The third-order valence-electron chi connectivity index (χ3n) is 2.42. The average molecular weight is 251 g/mol. The molecule has 1 rings (SSSR count). The third kappa shape index (κ3) is 5.63. The van der Waals surface area contributed by atoms with E-state index in [9.17, 15) is 4.79 Å². The van der Waals surface area contributed by atoms with Crippen LogP contribution >= 0.6 is 0 Å². The van der Waals surface area contributed by atoms with Gasteiger partial charge in [0.1, 0.15) is 5.75 Å². The van der Waals surface area contributed by atoms with Crippen molar-refractivity contribution >= 4 is 5.91 Å². The number of nitrogens with zero attached hydrogens (tertiary/aromatic N) is 1. The fourth-order valence-electron chi connectivity index (χ4n) is 1.49. The van der Waals surface area contributed by atoms with E-state index in [1.807, 2.05) is 19.1 Å². The van der Waals surface area contributed by atoms with Crippen LogP contribution in [0.25, 0.3) is 0 Å². The lowest BCUT2D eigenvalue weighted by atomic mass is 10.2. The lowest BCUT2D eigenvalue weighted by molar-refractivity contribution is -0.120. The molecule has 1 aromatic rings. The predicted octanol–water partition coefficient (Wildman–Crippen LogP) is 0.876. The Bertz CT molecular complexity index is 363. The number of hydrogen-bond acceptors (Lipinski definition) is 4. The second kappa shape index (κ2) is 7.66. The molecule has 3 N–H and O–H groups in total. The molecule has 18 heavy (non-hydrogen) atoms. The monoisotopic (exact) mass is 251 g/mol. The Kier molecular flexibility index (Phi) is 6.14. The van der Waals surface area contributed by atoms with Crippen LogP contribution in [-0.2, 0) is 11.2 Å². The molecule has 5 nitrogen and oxygen atoms in total. The van der Waals surface area contributed by atoms with Gasteiger partial charge < -0.3 is 15.8 Å². The van der Waals surface area contributed by atoms with Crippen molar-refractivity contribution < 1.29 is 9.53 Å². The summed E-state index contributed by atoms with van der Waals surface area (Å²) in [7, 11) is 1.63. The second-order valence-corrected chi connectivity index (χ2v) is 4.29. The Hall–Kier alpha value is -1.62. The van der Waals surface area contributed by atoms with Crippen molar-refractivity contribution in [1.82, 2.24) is 10.3 Å². The highest BCUT2D eigenvalue weighted by Crippen LogP contribution is 2.10. The number of nitrogens with two attached hydrogens (primary N) is 1. The maximum Gasteiger partial charge on any atom is 0.219 e. The molecule has 1 heterocycles. The van der Waals surface area contributed by atoms with Crippen LogP contribution in [0.15, 0.2) is 18.3 Å². The Balaban J connectivity index is 2.28. The van der Waals surface area contributed by atoms with E-state index in [0.717, 1.165) is 17.9 Å². The zero-order valence-electron chi connectivity index (χ0n) is 11.0. The summed E-state index contributed by atoms with van der Waals surface area (Å²) in [5.74, 6) is 0.754. The van der Waals surface area contributed by atoms with Gasteiger partial charge in [-0.1, -0.05) is 0 Å². The van der Waals surface area contributed by atoms with E-state index < -0.39 is 0 Å². The lowest BCUT2D eigenvalue weighted by Gasteiger charge is -2.07. The van der Waals surface area contributed by atoms with Crippen molar-refractivity contribution in [3.63, 3.8) is 0 Å². The van der Waals surface area contributed by atoms with Gasteiger partial charge in [-0.3, -0.25) is 9.78 Å². The van der Waals surface area contributed by atoms with Crippen LogP contribution in [0.3, 0.4) is 0 Å². The molecule has 0 bridgehead atoms. The van der Waals surface area contributed by atoms with Crippen LogP contribution < -0.4 is 15.8 Å². The standard InChI is InChI=1S/C13H21N3O2/c1-10(14)8-11-5-6-12(9-16-11)18-7-3-4-13(17)15-2/h5-6,9-10H,3-4,7-8,14H2,1-2H3,(H,15,17). The number of hydrogen-bond donors (Lipinski definition) is 2. The molecule has 1 amide bonds. The molecule has 0 fully saturated rings. The molecule has 0 aliphatic rings. The minimum atomic E-state index is 0.0315. The molecular weight excluding hydrogens is 230 g/mol. The number of aromatic nitrogens is 1. The number of amides is 1. The Morgan fingerprint density at radius 3 is 2.89 bits per heavy atom. The highest BCUT2D eigenvalue weighted by Gasteiger charge is 2.01. The Morgan fingerprint density at radius 1 is 1.56 bits per heavy atom. The van der Waals surface area contributed by atoms with E-state index in [4.69, 9.17) is 10.5 Å². The van der Waals surface area contributed by atoms with Crippen LogP contribution in [0.4, 0.5) is 0 Å². The topological polar surface area (TPSA) is 77.2 Å². The average Bonchev–Trinajstić information content (AvgIpc) is 2.35. The summed E-state index contributed by atoms with van der Waals surface area (Å²) in [6.07, 6.45) is 3.63.